The molecule has 1 unspecified atom stereocenters. The fourth-order valence-corrected chi connectivity index (χ4v) is 3.38. The maximum absolute atomic E-state index is 11.6. The minimum atomic E-state index is -0.0344. The first kappa shape index (κ1) is 24.5. The van der Waals surface area contributed by atoms with E-state index in [2.05, 4.69) is 14.8 Å². The van der Waals surface area contributed by atoms with Crippen molar-refractivity contribution in [2.75, 3.05) is 0 Å². The molecular weight excluding hydrogens is 307 g/mol. The topological polar surface area (TPSA) is 26.3 Å². The second kappa shape index (κ2) is 18.3. The molecule has 3 heteroatoms. The van der Waals surface area contributed by atoms with E-state index in [0.717, 1.165) is 6.42 Å². The van der Waals surface area contributed by atoms with Crippen LogP contribution in [0.5, 0.6) is 0 Å². The summed E-state index contributed by atoms with van der Waals surface area (Å²) in [6.07, 6.45) is 21.3. The van der Waals surface area contributed by atoms with Crippen molar-refractivity contribution in [2.24, 2.45) is 0 Å². The van der Waals surface area contributed by atoms with E-state index in [4.69, 9.17) is 4.74 Å². The molecule has 0 bridgehead atoms. The van der Waals surface area contributed by atoms with E-state index in [1.807, 2.05) is 13.8 Å². The second-order valence-electron chi connectivity index (χ2n) is 8.23. The molecular formula is C22H45BO2. The molecule has 0 rings (SSSR count). The maximum Gasteiger partial charge on any atom is 0.305 e. The number of hydrogen-bond donors (Lipinski definition) is 0. The first-order chi connectivity index (χ1) is 12.1. The van der Waals surface area contributed by atoms with E-state index in [9.17, 15) is 4.79 Å². The molecule has 0 aromatic rings. The highest BCUT2D eigenvalue weighted by atomic mass is 16.5. The summed E-state index contributed by atoms with van der Waals surface area (Å²) in [6.45, 7) is 6.11. The Morgan fingerprint density at radius 3 is 1.56 bits per heavy atom. The summed E-state index contributed by atoms with van der Waals surface area (Å²) < 4.78 is 5.21. The van der Waals surface area contributed by atoms with Gasteiger partial charge in [0, 0.05) is 6.42 Å². The van der Waals surface area contributed by atoms with Gasteiger partial charge in [-0.05, 0) is 13.8 Å². The zero-order valence-electron chi connectivity index (χ0n) is 17.8. The van der Waals surface area contributed by atoms with Crippen LogP contribution in [0.1, 0.15) is 124 Å². The van der Waals surface area contributed by atoms with E-state index in [1.54, 1.807) is 0 Å². The third-order valence-electron chi connectivity index (χ3n) is 4.93. The predicted molar refractivity (Wildman–Crippen MR) is 113 cm³/mol. The minimum Gasteiger partial charge on any atom is -0.463 e. The van der Waals surface area contributed by atoms with Crippen molar-refractivity contribution in [1.82, 2.24) is 0 Å². The molecule has 25 heavy (non-hydrogen) atoms. The minimum absolute atomic E-state index is 0.0146. The van der Waals surface area contributed by atoms with Crippen LogP contribution in [0, 0.1) is 0 Å². The van der Waals surface area contributed by atoms with Crippen molar-refractivity contribution in [3.05, 3.63) is 0 Å². The lowest BCUT2D eigenvalue weighted by atomic mass is 9.80. The Morgan fingerprint density at radius 1 is 0.760 bits per heavy atom. The fourth-order valence-electron chi connectivity index (χ4n) is 3.38. The standard InChI is InChI=1S/C22H45BO2/c1-4-5-6-7-8-9-10-11-12-13-14-15-16-17-18-21(23)19-22(24)25-20(2)3/h20-21H,4-19,23H2,1-3H3. The molecule has 2 nitrogen and oxygen atoms in total. The average molecular weight is 352 g/mol. The Kier molecular flexibility index (Phi) is 18.0. The average Bonchev–Trinajstić information content (AvgIpc) is 2.54. The Balaban J connectivity index is 3.22. The molecule has 0 aliphatic heterocycles. The zero-order chi connectivity index (χ0) is 18.8. The number of carbonyl (C=O) groups excluding carboxylic acids is 1. The molecule has 0 heterocycles. The smallest absolute Gasteiger partial charge is 0.305 e. The van der Waals surface area contributed by atoms with Gasteiger partial charge in [-0.1, -0.05) is 109 Å². The Hall–Kier alpha value is -0.465. The quantitative estimate of drug-likeness (QED) is 0.157. The third-order valence-corrected chi connectivity index (χ3v) is 4.93. The lowest BCUT2D eigenvalue weighted by molar-refractivity contribution is -0.147. The second-order valence-corrected chi connectivity index (χ2v) is 8.23. The summed E-state index contributed by atoms with van der Waals surface area (Å²) in [5.41, 5.74) is 0. The van der Waals surface area contributed by atoms with Gasteiger partial charge in [0.2, 0.25) is 0 Å². The lowest BCUT2D eigenvalue weighted by Gasteiger charge is -2.12. The Morgan fingerprint density at radius 2 is 1.16 bits per heavy atom. The summed E-state index contributed by atoms with van der Waals surface area (Å²) >= 11 is 0. The Bertz CT molecular complexity index is 292. The van der Waals surface area contributed by atoms with Gasteiger partial charge in [-0.2, -0.15) is 0 Å². The van der Waals surface area contributed by atoms with E-state index < -0.39 is 0 Å². The summed E-state index contributed by atoms with van der Waals surface area (Å²) in [6, 6.07) is 0. The van der Waals surface area contributed by atoms with Gasteiger partial charge >= 0.3 is 5.97 Å². The zero-order valence-corrected chi connectivity index (χ0v) is 17.8. The van der Waals surface area contributed by atoms with Gasteiger partial charge < -0.3 is 4.74 Å². The molecule has 0 radical (unpaired) electrons. The summed E-state index contributed by atoms with van der Waals surface area (Å²) in [4.78, 5) is 11.6. The molecule has 0 fully saturated rings. The van der Waals surface area contributed by atoms with Crippen molar-refractivity contribution in [3.63, 3.8) is 0 Å². The molecule has 0 aromatic carbocycles. The molecule has 0 spiro atoms. The largest absolute Gasteiger partial charge is 0.463 e. The van der Waals surface area contributed by atoms with Crippen molar-refractivity contribution < 1.29 is 9.53 Å². The first-order valence-corrected chi connectivity index (χ1v) is 11.3. The van der Waals surface area contributed by atoms with Gasteiger partial charge in [-0.25, -0.2) is 0 Å². The SMILES string of the molecule is BC(CCCCCCCCCCCCCCCC)CC(=O)OC(C)C. The van der Waals surface area contributed by atoms with Crippen LogP contribution in [0.15, 0.2) is 0 Å². The summed E-state index contributed by atoms with van der Waals surface area (Å²) in [7, 11) is 2.17. The van der Waals surface area contributed by atoms with Gasteiger partial charge in [0.25, 0.3) is 0 Å². The molecule has 0 aliphatic rings. The number of rotatable bonds is 18. The molecule has 0 aliphatic carbocycles. The number of carbonyl (C=O) groups is 1. The molecule has 0 amide bonds. The molecule has 0 N–H and O–H groups in total. The first-order valence-electron chi connectivity index (χ1n) is 11.3. The van der Waals surface area contributed by atoms with Gasteiger partial charge in [-0.3, -0.25) is 4.79 Å². The number of hydrogen-bond acceptors (Lipinski definition) is 2. The van der Waals surface area contributed by atoms with Crippen LogP contribution >= 0.6 is 0 Å². The van der Waals surface area contributed by atoms with Crippen LogP contribution in [0.4, 0.5) is 0 Å². The van der Waals surface area contributed by atoms with Crippen LogP contribution in [0.3, 0.4) is 0 Å². The van der Waals surface area contributed by atoms with Crippen LogP contribution in [-0.2, 0) is 9.53 Å². The van der Waals surface area contributed by atoms with Crippen molar-refractivity contribution in [3.8, 4) is 0 Å². The predicted octanol–water partition coefficient (Wildman–Crippen LogP) is 6.62. The van der Waals surface area contributed by atoms with Crippen molar-refractivity contribution in [2.45, 2.75) is 135 Å². The molecule has 0 saturated heterocycles. The highest BCUT2D eigenvalue weighted by molar-refractivity contribution is 6.12. The van der Waals surface area contributed by atoms with E-state index >= 15 is 0 Å². The van der Waals surface area contributed by atoms with Gasteiger partial charge in [0.1, 0.15) is 7.85 Å². The van der Waals surface area contributed by atoms with Crippen LogP contribution < -0.4 is 0 Å². The monoisotopic (exact) mass is 352 g/mol. The molecule has 0 aromatic heterocycles. The third kappa shape index (κ3) is 19.7. The number of esters is 1. The highest BCUT2D eigenvalue weighted by Gasteiger charge is 2.11. The highest BCUT2D eigenvalue weighted by Crippen LogP contribution is 2.18. The van der Waals surface area contributed by atoms with Crippen molar-refractivity contribution >= 4 is 13.8 Å². The van der Waals surface area contributed by atoms with E-state index in [1.165, 1.54) is 89.9 Å². The van der Waals surface area contributed by atoms with E-state index in [-0.39, 0.29) is 12.1 Å². The molecule has 1 atom stereocenters. The van der Waals surface area contributed by atoms with Gasteiger partial charge in [0.15, 0.2) is 0 Å². The normalized spacial score (nSPS) is 12.5. The summed E-state index contributed by atoms with van der Waals surface area (Å²) in [5.74, 6) is 0.427. The van der Waals surface area contributed by atoms with Gasteiger partial charge in [-0.15, -0.1) is 0 Å². The maximum atomic E-state index is 11.6. The van der Waals surface area contributed by atoms with Crippen LogP contribution in [0.25, 0.3) is 0 Å². The van der Waals surface area contributed by atoms with E-state index in [0.29, 0.717) is 12.2 Å². The summed E-state index contributed by atoms with van der Waals surface area (Å²) in [5, 5.41) is 0. The fraction of sp³-hybridized carbons (Fsp3) is 0.955. The Labute approximate surface area is 159 Å². The molecule has 0 saturated carbocycles. The lowest BCUT2D eigenvalue weighted by Crippen LogP contribution is -2.13. The number of unbranched alkanes of at least 4 members (excludes halogenated alkanes) is 13. The van der Waals surface area contributed by atoms with Gasteiger partial charge in [0.05, 0.1) is 6.10 Å². The van der Waals surface area contributed by atoms with Crippen molar-refractivity contribution in [1.29, 1.82) is 0 Å². The van der Waals surface area contributed by atoms with Crippen LogP contribution in [-0.4, -0.2) is 19.9 Å². The van der Waals surface area contributed by atoms with Crippen LogP contribution in [0.2, 0.25) is 5.82 Å². The molecule has 148 valence electrons. The number of ether oxygens (including phenoxy) is 1.